The summed E-state index contributed by atoms with van der Waals surface area (Å²) < 4.78 is 5.50. The van der Waals surface area contributed by atoms with Gasteiger partial charge in [0.2, 0.25) is 5.91 Å². The molecule has 0 radical (unpaired) electrons. The van der Waals surface area contributed by atoms with Gasteiger partial charge in [0.1, 0.15) is 0 Å². The average Bonchev–Trinajstić information content (AvgIpc) is 3.36. The van der Waals surface area contributed by atoms with Gasteiger partial charge in [-0.15, -0.1) is 0 Å². The van der Waals surface area contributed by atoms with Gasteiger partial charge in [0.25, 0.3) is 0 Å². The number of allylic oxidation sites excluding steroid dienone is 2. The maximum Gasteiger partial charge on any atom is 0.305 e. The molecule has 0 saturated carbocycles. The fourth-order valence-corrected chi connectivity index (χ4v) is 10.2. The zero-order valence-electron chi connectivity index (χ0n) is 47.5. The van der Waals surface area contributed by atoms with E-state index in [1.165, 1.54) is 289 Å². The number of hydrogen-bond acceptors (Lipinski definition) is 5. The van der Waals surface area contributed by atoms with Gasteiger partial charge in [-0.3, -0.25) is 9.59 Å². The Hall–Kier alpha value is -1.40. The molecule has 2 atom stereocenters. The Morgan fingerprint density at radius 3 is 1.01 bits per heavy atom. The summed E-state index contributed by atoms with van der Waals surface area (Å²) in [4.78, 5) is 24.5. The van der Waals surface area contributed by atoms with Crippen molar-refractivity contribution in [2.24, 2.45) is 0 Å². The predicted molar refractivity (Wildman–Crippen MR) is 306 cm³/mol. The minimum atomic E-state index is -0.662. The molecule has 0 aromatic heterocycles. The highest BCUT2D eigenvalue weighted by atomic mass is 16.5. The quantitative estimate of drug-likeness (QED) is 0.0321. The molecule has 1 amide bonds. The van der Waals surface area contributed by atoms with Crippen molar-refractivity contribution in [3.63, 3.8) is 0 Å². The van der Waals surface area contributed by atoms with Gasteiger partial charge in [0.05, 0.1) is 25.4 Å². The molecule has 2 unspecified atom stereocenters. The van der Waals surface area contributed by atoms with Crippen LogP contribution in [0.5, 0.6) is 0 Å². The molecule has 0 bridgehead atoms. The van der Waals surface area contributed by atoms with E-state index in [0.29, 0.717) is 25.9 Å². The van der Waals surface area contributed by atoms with Crippen LogP contribution in [0.15, 0.2) is 12.2 Å². The van der Waals surface area contributed by atoms with Crippen molar-refractivity contribution in [3.05, 3.63) is 12.2 Å². The zero-order valence-corrected chi connectivity index (χ0v) is 47.5. The van der Waals surface area contributed by atoms with Crippen LogP contribution in [-0.4, -0.2) is 47.4 Å². The summed E-state index contributed by atoms with van der Waals surface area (Å²) in [6, 6.07) is -0.539. The van der Waals surface area contributed by atoms with Crippen LogP contribution in [0.4, 0.5) is 0 Å². The maximum atomic E-state index is 12.4. The number of unbranched alkanes of at least 4 members (excludes halogenated alkanes) is 47. The van der Waals surface area contributed by atoms with Crippen molar-refractivity contribution in [1.82, 2.24) is 5.32 Å². The lowest BCUT2D eigenvalue weighted by Gasteiger charge is -2.22. The number of aliphatic hydroxyl groups excluding tert-OH is 2. The van der Waals surface area contributed by atoms with Crippen molar-refractivity contribution in [1.29, 1.82) is 0 Å². The fraction of sp³-hybridized carbons (Fsp3) is 0.938. The highest BCUT2D eigenvalue weighted by molar-refractivity contribution is 5.76. The molecule has 0 aliphatic carbocycles. The number of ether oxygens (including phenoxy) is 1. The normalized spacial score (nSPS) is 12.6. The molecule has 0 aliphatic rings. The Kier molecular flexibility index (Phi) is 59.0. The van der Waals surface area contributed by atoms with Gasteiger partial charge in [-0.1, -0.05) is 309 Å². The van der Waals surface area contributed by atoms with Gasteiger partial charge in [0.15, 0.2) is 0 Å². The van der Waals surface area contributed by atoms with Crippen LogP contribution in [-0.2, 0) is 14.3 Å². The molecule has 0 rings (SSSR count). The van der Waals surface area contributed by atoms with Crippen molar-refractivity contribution in [2.45, 2.75) is 373 Å². The van der Waals surface area contributed by atoms with Gasteiger partial charge in [-0.2, -0.15) is 0 Å². The highest BCUT2D eigenvalue weighted by Gasteiger charge is 2.20. The summed E-state index contributed by atoms with van der Waals surface area (Å²) >= 11 is 0. The molecule has 0 aliphatic heterocycles. The smallest absolute Gasteiger partial charge is 0.305 e. The highest BCUT2D eigenvalue weighted by Crippen LogP contribution is 2.18. The molecule has 0 fully saturated rings. The number of rotatable bonds is 60. The van der Waals surface area contributed by atoms with E-state index in [1.807, 2.05) is 0 Å². The van der Waals surface area contributed by atoms with Gasteiger partial charge in [-0.05, 0) is 51.4 Å². The van der Waals surface area contributed by atoms with Crippen molar-refractivity contribution in [3.8, 4) is 0 Å². The molecule has 0 aromatic rings. The molecule has 0 aromatic carbocycles. The maximum absolute atomic E-state index is 12.4. The van der Waals surface area contributed by atoms with E-state index in [4.69, 9.17) is 4.74 Å². The van der Waals surface area contributed by atoms with Crippen LogP contribution in [0.2, 0.25) is 0 Å². The molecule has 70 heavy (non-hydrogen) atoms. The second-order valence-corrected chi connectivity index (χ2v) is 22.1. The monoisotopic (exact) mass is 988 g/mol. The molecule has 0 saturated heterocycles. The molecule has 0 spiro atoms. The third-order valence-electron chi connectivity index (χ3n) is 15.1. The number of carbonyl (C=O) groups is 2. The SMILES string of the molecule is CCCCCCCC/C=C\CCCCCCCCCCCC(=O)OCCCCCCCCCCCCCCCCCCCCCCCCCC(=O)NC(CO)C(O)CCCCCCCCCCCCC. The Morgan fingerprint density at radius 2 is 0.671 bits per heavy atom. The Morgan fingerprint density at radius 1 is 0.386 bits per heavy atom. The first-order chi connectivity index (χ1) is 34.5. The van der Waals surface area contributed by atoms with E-state index in [0.717, 1.165) is 38.5 Å². The summed E-state index contributed by atoms with van der Waals surface area (Å²) in [7, 11) is 0. The Bertz CT molecular complexity index is 1050. The minimum absolute atomic E-state index is 0.0147. The van der Waals surface area contributed by atoms with Crippen LogP contribution in [0.3, 0.4) is 0 Å². The minimum Gasteiger partial charge on any atom is -0.466 e. The molecule has 3 N–H and O–H groups in total. The van der Waals surface area contributed by atoms with Crippen LogP contribution in [0.1, 0.15) is 361 Å². The predicted octanol–water partition coefficient (Wildman–Crippen LogP) is 20.0. The first-order valence-corrected chi connectivity index (χ1v) is 31.9. The molecule has 6 heteroatoms. The second-order valence-electron chi connectivity index (χ2n) is 22.1. The second kappa shape index (κ2) is 60.2. The number of nitrogens with one attached hydrogen (secondary N) is 1. The Balaban J connectivity index is 3.33. The van der Waals surface area contributed by atoms with Crippen molar-refractivity contribution in [2.75, 3.05) is 13.2 Å². The summed E-state index contributed by atoms with van der Waals surface area (Å²) in [5.41, 5.74) is 0. The third-order valence-corrected chi connectivity index (χ3v) is 15.1. The summed E-state index contributed by atoms with van der Waals surface area (Å²) in [6.45, 7) is 4.96. The third kappa shape index (κ3) is 55.9. The molecule has 0 heterocycles. The lowest BCUT2D eigenvalue weighted by atomic mass is 10.0. The summed E-state index contributed by atoms with van der Waals surface area (Å²) in [5.74, 6) is -0.0191. The number of hydrogen-bond donors (Lipinski definition) is 3. The summed E-state index contributed by atoms with van der Waals surface area (Å²) in [5, 5.41) is 23.2. The first-order valence-electron chi connectivity index (χ1n) is 31.9. The Labute approximate surface area is 438 Å². The van der Waals surface area contributed by atoms with Crippen LogP contribution >= 0.6 is 0 Å². The van der Waals surface area contributed by atoms with E-state index in [2.05, 4.69) is 31.3 Å². The largest absolute Gasteiger partial charge is 0.466 e. The number of esters is 1. The molecular weight excluding hydrogens is 863 g/mol. The van der Waals surface area contributed by atoms with Crippen LogP contribution in [0, 0.1) is 0 Å². The lowest BCUT2D eigenvalue weighted by molar-refractivity contribution is -0.143. The fourth-order valence-electron chi connectivity index (χ4n) is 10.2. The number of aliphatic hydroxyl groups is 2. The van der Waals surface area contributed by atoms with Gasteiger partial charge in [0, 0.05) is 12.8 Å². The zero-order chi connectivity index (χ0) is 50.7. The van der Waals surface area contributed by atoms with Crippen LogP contribution < -0.4 is 5.32 Å². The van der Waals surface area contributed by atoms with E-state index in [-0.39, 0.29) is 18.5 Å². The molecule has 416 valence electrons. The van der Waals surface area contributed by atoms with E-state index >= 15 is 0 Å². The van der Waals surface area contributed by atoms with Crippen molar-refractivity contribution < 1.29 is 24.5 Å². The first kappa shape index (κ1) is 68.6. The standard InChI is InChI=1S/C64H125NO5/c1-3-5-7-9-11-13-15-16-17-18-24-28-31-34-38-42-46-50-54-58-64(69)70-59-55-51-47-43-39-35-32-29-26-23-21-19-20-22-25-27-30-33-37-41-45-49-53-57-63(68)65-61(60-66)62(67)56-52-48-44-40-36-14-12-10-8-6-4-2/h16-17,61-62,66-67H,3-15,18-60H2,1-2H3,(H,65,68)/b17-16-. The number of amides is 1. The van der Waals surface area contributed by atoms with E-state index in [1.54, 1.807) is 0 Å². The van der Waals surface area contributed by atoms with Crippen molar-refractivity contribution >= 4 is 11.9 Å². The molecule has 6 nitrogen and oxygen atoms in total. The average molecular weight is 989 g/mol. The topological polar surface area (TPSA) is 95.9 Å². The van der Waals surface area contributed by atoms with Gasteiger partial charge < -0.3 is 20.3 Å². The summed E-state index contributed by atoms with van der Waals surface area (Å²) in [6.07, 6.45) is 72.3. The number of carbonyl (C=O) groups excluding carboxylic acids is 2. The van der Waals surface area contributed by atoms with E-state index < -0.39 is 12.1 Å². The van der Waals surface area contributed by atoms with Gasteiger partial charge >= 0.3 is 5.97 Å². The molecular formula is C64H125NO5. The lowest BCUT2D eigenvalue weighted by Crippen LogP contribution is -2.45. The van der Waals surface area contributed by atoms with Gasteiger partial charge in [-0.25, -0.2) is 0 Å². The van der Waals surface area contributed by atoms with Crippen LogP contribution in [0.25, 0.3) is 0 Å². The van der Waals surface area contributed by atoms with E-state index in [9.17, 15) is 19.8 Å².